The van der Waals surface area contributed by atoms with Gasteiger partial charge in [-0.2, -0.15) is 11.8 Å². The topological polar surface area (TPSA) is 38.3 Å². The lowest BCUT2D eigenvalue weighted by molar-refractivity contribution is -0.128. The lowest BCUT2D eigenvalue weighted by Gasteiger charge is -2.19. The Bertz CT molecular complexity index is 783. The molecule has 1 amide bonds. The summed E-state index contributed by atoms with van der Waals surface area (Å²) in [6.07, 6.45) is 0.133. The molecule has 6 heteroatoms. The van der Waals surface area contributed by atoms with Gasteiger partial charge in [-0.1, -0.05) is 48.3 Å². The lowest BCUT2D eigenvalue weighted by atomic mass is 10.1. The first kappa shape index (κ1) is 21.9. The average Bonchev–Trinajstić information content (AvgIpc) is 2.63. The first-order valence-corrected chi connectivity index (χ1v) is 10.8. The van der Waals surface area contributed by atoms with Gasteiger partial charge >= 0.3 is 0 Å². The van der Waals surface area contributed by atoms with Crippen molar-refractivity contribution in [2.45, 2.75) is 39.0 Å². The van der Waals surface area contributed by atoms with Crippen molar-refractivity contribution in [3.05, 3.63) is 63.1 Å². The highest BCUT2D eigenvalue weighted by Gasteiger charge is 2.18. The maximum absolute atomic E-state index is 12.4. The molecule has 0 aromatic heterocycles. The zero-order valence-corrected chi connectivity index (χ0v) is 18.2. The molecule has 0 bridgehead atoms. The van der Waals surface area contributed by atoms with Crippen LogP contribution in [0, 0.1) is 13.8 Å². The van der Waals surface area contributed by atoms with E-state index in [0.29, 0.717) is 23.0 Å². The summed E-state index contributed by atoms with van der Waals surface area (Å²) in [5, 5.41) is 4.27. The number of carbonyl (C=O) groups is 1. The predicted octanol–water partition coefficient (Wildman–Crippen LogP) is 5.82. The SMILES string of the molecule is CCC(Oc1cc(C)ccc1C)C(=O)NCCSCc1ccc(Cl)cc1Cl. The van der Waals surface area contributed by atoms with Gasteiger partial charge in [-0.25, -0.2) is 0 Å². The van der Waals surface area contributed by atoms with E-state index < -0.39 is 6.10 Å². The molecule has 3 nitrogen and oxygen atoms in total. The Balaban J connectivity index is 1.77. The number of thioether (sulfide) groups is 1. The highest BCUT2D eigenvalue weighted by Crippen LogP contribution is 2.24. The maximum Gasteiger partial charge on any atom is 0.261 e. The first-order valence-electron chi connectivity index (χ1n) is 8.94. The van der Waals surface area contributed by atoms with Gasteiger partial charge in [0.25, 0.3) is 5.91 Å². The van der Waals surface area contributed by atoms with Crippen LogP contribution < -0.4 is 10.1 Å². The summed E-state index contributed by atoms with van der Waals surface area (Å²) in [6.45, 7) is 6.53. The number of hydrogen-bond acceptors (Lipinski definition) is 3. The van der Waals surface area contributed by atoms with Gasteiger partial charge in [0.05, 0.1) is 0 Å². The number of hydrogen-bond donors (Lipinski definition) is 1. The second kappa shape index (κ2) is 10.8. The molecule has 1 unspecified atom stereocenters. The van der Waals surface area contributed by atoms with E-state index in [-0.39, 0.29) is 5.91 Å². The summed E-state index contributed by atoms with van der Waals surface area (Å²) in [7, 11) is 0. The first-order chi connectivity index (χ1) is 12.9. The van der Waals surface area contributed by atoms with Gasteiger partial charge in [0.15, 0.2) is 6.10 Å². The van der Waals surface area contributed by atoms with E-state index in [1.165, 1.54) is 0 Å². The van der Waals surface area contributed by atoms with Crippen molar-refractivity contribution in [1.29, 1.82) is 0 Å². The number of carbonyl (C=O) groups excluding carboxylic acids is 1. The van der Waals surface area contributed by atoms with Crippen LogP contribution in [0.3, 0.4) is 0 Å². The highest BCUT2D eigenvalue weighted by atomic mass is 35.5. The van der Waals surface area contributed by atoms with E-state index in [0.717, 1.165) is 33.9 Å². The Hall–Kier alpha value is -1.36. The molecule has 0 heterocycles. The van der Waals surface area contributed by atoms with Crippen LogP contribution in [0.4, 0.5) is 0 Å². The third-order valence-corrected chi connectivity index (χ3v) is 5.69. The van der Waals surface area contributed by atoms with Crippen molar-refractivity contribution >= 4 is 40.9 Å². The summed E-state index contributed by atoms with van der Waals surface area (Å²) >= 11 is 13.8. The Morgan fingerprint density at radius 2 is 1.96 bits per heavy atom. The van der Waals surface area contributed by atoms with Crippen molar-refractivity contribution in [2.75, 3.05) is 12.3 Å². The second-order valence-electron chi connectivity index (χ2n) is 6.36. The number of nitrogens with one attached hydrogen (secondary N) is 1. The van der Waals surface area contributed by atoms with E-state index in [4.69, 9.17) is 27.9 Å². The van der Waals surface area contributed by atoms with Crippen molar-refractivity contribution in [3.8, 4) is 5.75 Å². The van der Waals surface area contributed by atoms with E-state index >= 15 is 0 Å². The number of aryl methyl sites for hydroxylation is 2. The zero-order valence-electron chi connectivity index (χ0n) is 15.9. The molecule has 2 aromatic carbocycles. The minimum absolute atomic E-state index is 0.0801. The molecule has 1 N–H and O–H groups in total. The Labute approximate surface area is 175 Å². The Morgan fingerprint density at radius 3 is 2.67 bits per heavy atom. The molecule has 0 aliphatic rings. The predicted molar refractivity (Wildman–Crippen MR) is 116 cm³/mol. The molecule has 0 spiro atoms. The molecule has 27 heavy (non-hydrogen) atoms. The van der Waals surface area contributed by atoms with Crippen LogP contribution in [-0.2, 0) is 10.5 Å². The second-order valence-corrected chi connectivity index (χ2v) is 8.31. The molecular formula is C21H25Cl2NO2S. The van der Waals surface area contributed by atoms with Crippen LogP contribution in [0.1, 0.15) is 30.0 Å². The fourth-order valence-electron chi connectivity index (χ4n) is 2.49. The van der Waals surface area contributed by atoms with Crippen molar-refractivity contribution in [3.63, 3.8) is 0 Å². The smallest absolute Gasteiger partial charge is 0.261 e. The van der Waals surface area contributed by atoms with Gasteiger partial charge in [-0.05, 0) is 55.2 Å². The molecule has 2 aromatic rings. The van der Waals surface area contributed by atoms with Crippen molar-refractivity contribution in [1.82, 2.24) is 5.32 Å². The molecule has 0 fully saturated rings. The standard InChI is InChI=1S/C21H25Cl2NO2S/c1-4-19(26-20-11-14(2)5-6-15(20)3)21(25)24-9-10-27-13-16-7-8-17(22)12-18(16)23/h5-8,11-12,19H,4,9-10,13H2,1-3H3,(H,24,25). The van der Waals surface area contributed by atoms with Crippen molar-refractivity contribution < 1.29 is 9.53 Å². The summed E-state index contributed by atoms with van der Waals surface area (Å²) in [5.74, 6) is 2.26. The van der Waals surface area contributed by atoms with Crippen LogP contribution in [-0.4, -0.2) is 24.3 Å². The van der Waals surface area contributed by atoms with Gasteiger partial charge in [-0.15, -0.1) is 0 Å². The molecule has 2 rings (SSSR count). The molecule has 0 saturated carbocycles. The third kappa shape index (κ3) is 6.95. The van der Waals surface area contributed by atoms with Crippen LogP contribution >= 0.6 is 35.0 Å². The zero-order chi connectivity index (χ0) is 19.8. The van der Waals surface area contributed by atoms with Gasteiger partial charge in [0, 0.05) is 28.1 Å². The largest absolute Gasteiger partial charge is 0.480 e. The van der Waals surface area contributed by atoms with E-state index in [1.54, 1.807) is 17.8 Å². The molecule has 0 aliphatic carbocycles. The monoisotopic (exact) mass is 425 g/mol. The minimum Gasteiger partial charge on any atom is -0.480 e. The lowest BCUT2D eigenvalue weighted by Crippen LogP contribution is -2.39. The molecule has 0 saturated heterocycles. The van der Waals surface area contributed by atoms with Crippen LogP contribution in [0.25, 0.3) is 0 Å². The number of amides is 1. The fraction of sp³-hybridized carbons (Fsp3) is 0.381. The van der Waals surface area contributed by atoms with Gasteiger partial charge < -0.3 is 10.1 Å². The summed E-state index contributed by atoms with van der Waals surface area (Å²) in [6, 6.07) is 11.5. The number of rotatable bonds is 9. The van der Waals surface area contributed by atoms with Crippen LogP contribution in [0.5, 0.6) is 5.75 Å². The van der Waals surface area contributed by atoms with E-state index in [2.05, 4.69) is 5.32 Å². The Morgan fingerprint density at radius 1 is 1.19 bits per heavy atom. The van der Waals surface area contributed by atoms with Gasteiger partial charge in [0.2, 0.25) is 0 Å². The third-order valence-electron chi connectivity index (χ3n) is 4.09. The number of halogens is 2. The fourth-order valence-corrected chi connectivity index (χ4v) is 3.91. The molecule has 0 radical (unpaired) electrons. The number of benzene rings is 2. The number of ether oxygens (including phenoxy) is 1. The Kier molecular flexibility index (Phi) is 8.81. The van der Waals surface area contributed by atoms with Crippen LogP contribution in [0.2, 0.25) is 10.0 Å². The normalized spacial score (nSPS) is 11.9. The minimum atomic E-state index is -0.485. The van der Waals surface area contributed by atoms with Gasteiger partial charge in [0.1, 0.15) is 5.75 Å². The molecule has 0 aliphatic heterocycles. The van der Waals surface area contributed by atoms with Gasteiger partial charge in [-0.3, -0.25) is 4.79 Å². The molecule has 146 valence electrons. The molecular weight excluding hydrogens is 401 g/mol. The highest BCUT2D eigenvalue weighted by molar-refractivity contribution is 7.98. The van der Waals surface area contributed by atoms with Crippen LogP contribution in [0.15, 0.2) is 36.4 Å². The van der Waals surface area contributed by atoms with Crippen molar-refractivity contribution in [2.24, 2.45) is 0 Å². The molecule has 1 atom stereocenters. The summed E-state index contributed by atoms with van der Waals surface area (Å²) in [5.41, 5.74) is 3.19. The average molecular weight is 426 g/mol. The summed E-state index contributed by atoms with van der Waals surface area (Å²) in [4.78, 5) is 12.4. The van der Waals surface area contributed by atoms with E-state index in [1.807, 2.05) is 51.1 Å². The maximum atomic E-state index is 12.4. The quantitative estimate of drug-likeness (QED) is 0.514. The van der Waals surface area contributed by atoms with E-state index in [9.17, 15) is 4.79 Å². The summed E-state index contributed by atoms with van der Waals surface area (Å²) < 4.78 is 5.94.